The van der Waals surface area contributed by atoms with Gasteiger partial charge in [0.2, 0.25) is 5.82 Å². The van der Waals surface area contributed by atoms with Crippen LogP contribution in [0.4, 0.5) is 10.2 Å². The Labute approximate surface area is 154 Å². The van der Waals surface area contributed by atoms with Crippen molar-refractivity contribution in [3.8, 4) is 5.95 Å². The summed E-state index contributed by atoms with van der Waals surface area (Å²) in [6.45, 7) is 1.89. The van der Waals surface area contributed by atoms with Crippen LogP contribution in [0.5, 0.6) is 0 Å². The summed E-state index contributed by atoms with van der Waals surface area (Å²) in [5.74, 6) is 0.429. The van der Waals surface area contributed by atoms with Crippen LogP contribution in [0.1, 0.15) is 11.3 Å². The summed E-state index contributed by atoms with van der Waals surface area (Å²) in [7, 11) is 0. The number of hydrogen-bond donors (Lipinski definition) is 3. The van der Waals surface area contributed by atoms with E-state index < -0.39 is 0 Å². The van der Waals surface area contributed by atoms with Crippen molar-refractivity contribution in [1.82, 2.24) is 15.1 Å². The van der Waals surface area contributed by atoms with Crippen LogP contribution in [0.25, 0.3) is 23.1 Å². The molecule has 0 radical (unpaired) electrons. The molecule has 7 heteroatoms. The lowest BCUT2D eigenvalue weighted by molar-refractivity contribution is -0.648. The highest BCUT2D eigenvalue weighted by atomic mass is 19.1. The van der Waals surface area contributed by atoms with E-state index in [0.717, 1.165) is 16.7 Å². The van der Waals surface area contributed by atoms with E-state index in [9.17, 15) is 9.18 Å². The van der Waals surface area contributed by atoms with Crippen molar-refractivity contribution in [3.63, 3.8) is 0 Å². The summed E-state index contributed by atoms with van der Waals surface area (Å²) < 4.78 is 14.9. The Morgan fingerprint density at radius 2 is 2.04 bits per heavy atom. The van der Waals surface area contributed by atoms with Gasteiger partial charge in [0, 0.05) is 17.8 Å². The minimum Gasteiger partial charge on any atom is -0.258 e. The minimum atomic E-state index is -0.346. The first-order valence-corrected chi connectivity index (χ1v) is 8.40. The van der Waals surface area contributed by atoms with E-state index in [1.165, 1.54) is 18.2 Å². The molecule has 0 bridgehead atoms. The standard InChI is InChI=1S/C20H16FN5O/c1-13-11-18(24-19(27)10-9-14-5-4-6-15(21)12-14)26(25-13)20-22-16-7-2-3-8-17(16)23-20/h2-12H,1H3,(H2,22,23,24,25,27)/p+1. The number of halogens is 1. The van der Waals surface area contributed by atoms with E-state index in [1.807, 2.05) is 31.2 Å². The van der Waals surface area contributed by atoms with Crippen molar-refractivity contribution in [3.05, 3.63) is 77.7 Å². The molecule has 4 aromatic rings. The molecule has 0 aliphatic heterocycles. The van der Waals surface area contributed by atoms with Crippen molar-refractivity contribution < 1.29 is 13.9 Å². The summed E-state index contributed by atoms with van der Waals surface area (Å²) in [6.07, 6.45) is 2.92. The van der Waals surface area contributed by atoms with E-state index in [1.54, 1.807) is 29.0 Å². The molecule has 1 amide bonds. The summed E-state index contributed by atoms with van der Waals surface area (Å²) in [6, 6.07) is 15.5. The number of nitrogens with one attached hydrogen (secondary N) is 3. The van der Waals surface area contributed by atoms with Gasteiger partial charge in [0.15, 0.2) is 5.52 Å². The van der Waals surface area contributed by atoms with Crippen LogP contribution < -0.4 is 10.00 Å². The van der Waals surface area contributed by atoms with Gasteiger partial charge in [0.05, 0.1) is 0 Å². The van der Waals surface area contributed by atoms with E-state index in [2.05, 4.69) is 20.4 Å². The Morgan fingerprint density at radius 1 is 1.19 bits per heavy atom. The second-order valence-electron chi connectivity index (χ2n) is 6.11. The Kier molecular flexibility index (Phi) is 4.25. The van der Waals surface area contributed by atoms with Gasteiger partial charge in [-0.2, -0.15) is 0 Å². The molecule has 0 unspecified atom stereocenters. The molecule has 2 heterocycles. The number of aryl methyl sites for hydroxylation is 1. The van der Waals surface area contributed by atoms with Gasteiger partial charge >= 0.3 is 5.95 Å². The molecule has 0 fully saturated rings. The molecule has 0 spiro atoms. The number of amides is 1. The lowest BCUT2D eigenvalue weighted by Crippen LogP contribution is -2.38. The SMILES string of the molecule is Cc1cc(NC(=O)C=Cc2cccc(F)c2)[n+](-c2nc3ccccc3[nH]2)[nH]1. The lowest BCUT2D eigenvalue weighted by atomic mass is 10.2. The third kappa shape index (κ3) is 3.62. The molecule has 2 aromatic carbocycles. The number of anilines is 1. The van der Waals surface area contributed by atoms with Gasteiger partial charge in [0.1, 0.15) is 11.3 Å². The number of aromatic nitrogens is 4. The van der Waals surface area contributed by atoms with Crippen molar-refractivity contribution in [2.45, 2.75) is 6.92 Å². The number of para-hydroxylation sites is 2. The highest BCUT2D eigenvalue weighted by Gasteiger charge is 2.19. The first-order chi connectivity index (χ1) is 13.1. The fourth-order valence-corrected chi connectivity index (χ4v) is 2.79. The molecule has 6 nitrogen and oxygen atoms in total. The first-order valence-electron chi connectivity index (χ1n) is 8.40. The highest BCUT2D eigenvalue weighted by Crippen LogP contribution is 2.13. The maximum Gasteiger partial charge on any atom is 0.374 e. The second-order valence-corrected chi connectivity index (χ2v) is 6.11. The third-order valence-electron chi connectivity index (χ3n) is 4.00. The molecular formula is C20H17FN5O+. The monoisotopic (exact) mass is 362 g/mol. The highest BCUT2D eigenvalue weighted by molar-refractivity contribution is 6.01. The van der Waals surface area contributed by atoms with E-state index in [0.29, 0.717) is 17.3 Å². The van der Waals surface area contributed by atoms with Crippen molar-refractivity contribution in [1.29, 1.82) is 0 Å². The van der Waals surface area contributed by atoms with Crippen LogP contribution >= 0.6 is 0 Å². The molecule has 0 atom stereocenters. The average molecular weight is 362 g/mol. The smallest absolute Gasteiger partial charge is 0.258 e. The predicted octanol–water partition coefficient (Wildman–Crippen LogP) is 3.27. The van der Waals surface area contributed by atoms with E-state index in [-0.39, 0.29) is 11.7 Å². The van der Waals surface area contributed by atoms with Crippen LogP contribution in [-0.4, -0.2) is 21.0 Å². The minimum absolute atomic E-state index is 0.330. The predicted molar refractivity (Wildman–Crippen MR) is 101 cm³/mol. The first kappa shape index (κ1) is 16.7. The van der Waals surface area contributed by atoms with E-state index in [4.69, 9.17) is 0 Å². The van der Waals surface area contributed by atoms with Gasteiger partial charge in [-0.25, -0.2) is 4.39 Å². The Bertz CT molecular complexity index is 1130. The Hall–Kier alpha value is -3.74. The number of benzene rings is 2. The molecule has 134 valence electrons. The topological polar surface area (TPSA) is 77.5 Å². The lowest BCUT2D eigenvalue weighted by Gasteiger charge is -1.98. The summed E-state index contributed by atoms with van der Waals surface area (Å²) in [4.78, 5) is 20.0. The van der Waals surface area contributed by atoms with Gasteiger partial charge in [-0.05, 0) is 42.8 Å². The van der Waals surface area contributed by atoms with Crippen LogP contribution in [0, 0.1) is 12.7 Å². The number of fused-ring (bicyclic) bond motifs is 1. The molecule has 2 aromatic heterocycles. The summed E-state index contributed by atoms with van der Waals surface area (Å²) in [5, 5.41) is 5.95. The number of rotatable bonds is 4. The molecule has 0 saturated carbocycles. The largest absolute Gasteiger partial charge is 0.374 e. The normalized spacial score (nSPS) is 11.3. The van der Waals surface area contributed by atoms with Crippen LogP contribution in [0.2, 0.25) is 0 Å². The Morgan fingerprint density at radius 3 is 2.85 bits per heavy atom. The number of hydrogen-bond acceptors (Lipinski definition) is 2. The number of aromatic amines is 2. The molecular weight excluding hydrogens is 345 g/mol. The number of imidazole rings is 1. The molecule has 0 aliphatic rings. The zero-order valence-corrected chi connectivity index (χ0v) is 14.5. The van der Waals surface area contributed by atoms with Gasteiger partial charge in [-0.15, -0.1) is 9.67 Å². The number of nitrogens with zero attached hydrogens (tertiary/aromatic N) is 2. The quantitative estimate of drug-likeness (QED) is 0.385. The van der Waals surface area contributed by atoms with Crippen molar-refractivity contribution >= 4 is 28.8 Å². The van der Waals surface area contributed by atoms with Gasteiger partial charge < -0.3 is 0 Å². The third-order valence-corrected chi connectivity index (χ3v) is 4.00. The fraction of sp³-hybridized carbons (Fsp3) is 0.0500. The maximum atomic E-state index is 13.2. The molecule has 27 heavy (non-hydrogen) atoms. The van der Waals surface area contributed by atoms with Crippen LogP contribution in [0.3, 0.4) is 0 Å². The van der Waals surface area contributed by atoms with Crippen LogP contribution in [0.15, 0.2) is 60.7 Å². The van der Waals surface area contributed by atoms with Crippen molar-refractivity contribution in [2.24, 2.45) is 0 Å². The average Bonchev–Trinajstić information content (AvgIpc) is 3.23. The summed E-state index contributed by atoms with van der Waals surface area (Å²) in [5.41, 5.74) is 3.20. The van der Waals surface area contributed by atoms with Gasteiger partial charge in [-0.3, -0.25) is 20.2 Å². The van der Waals surface area contributed by atoms with E-state index >= 15 is 0 Å². The van der Waals surface area contributed by atoms with Crippen molar-refractivity contribution in [2.75, 3.05) is 5.32 Å². The molecule has 3 N–H and O–H groups in total. The maximum absolute atomic E-state index is 13.2. The zero-order chi connectivity index (χ0) is 18.8. The Balaban J connectivity index is 1.58. The molecule has 4 rings (SSSR count). The number of carbonyl (C=O) groups is 1. The zero-order valence-electron chi connectivity index (χ0n) is 14.5. The fourth-order valence-electron chi connectivity index (χ4n) is 2.79. The molecule has 0 aliphatic carbocycles. The summed E-state index contributed by atoms with van der Waals surface area (Å²) >= 11 is 0. The second kappa shape index (κ2) is 6.87. The van der Waals surface area contributed by atoms with Gasteiger partial charge in [-0.1, -0.05) is 24.3 Å². The number of H-pyrrole nitrogens is 2. The molecule has 0 saturated heterocycles. The number of carbonyl (C=O) groups excluding carboxylic acids is 1. The van der Waals surface area contributed by atoms with Crippen LogP contribution in [-0.2, 0) is 4.79 Å². The van der Waals surface area contributed by atoms with Gasteiger partial charge in [0.25, 0.3) is 5.91 Å².